The summed E-state index contributed by atoms with van der Waals surface area (Å²) in [6.45, 7) is 10.6. The summed E-state index contributed by atoms with van der Waals surface area (Å²) < 4.78 is 10.9. The second kappa shape index (κ2) is 11.7. The maximum atomic E-state index is 13.3. The number of esters is 1. The lowest BCUT2D eigenvalue weighted by Gasteiger charge is -2.27. The largest absolute Gasteiger partial charge is 0.458 e. The normalized spacial score (nSPS) is 13.4. The molecule has 0 aliphatic heterocycles. The number of ether oxygens (including phenoxy) is 2. The Morgan fingerprint density at radius 1 is 0.676 bits per heavy atom. The van der Waals surface area contributed by atoms with E-state index in [-0.39, 0.29) is 12.8 Å². The van der Waals surface area contributed by atoms with E-state index < -0.39 is 41.3 Å². The summed E-state index contributed by atoms with van der Waals surface area (Å²) in [5, 5.41) is 5.45. The Balaban J connectivity index is 2.24. The Morgan fingerprint density at radius 2 is 1.12 bits per heavy atom. The summed E-state index contributed by atoms with van der Waals surface area (Å²) in [4.78, 5) is 38.7. The first-order chi connectivity index (χ1) is 15.8. The van der Waals surface area contributed by atoms with Crippen LogP contribution in [0.1, 0.15) is 52.7 Å². The van der Waals surface area contributed by atoms with Crippen molar-refractivity contribution in [3.05, 3.63) is 71.8 Å². The van der Waals surface area contributed by atoms with E-state index in [1.165, 1.54) is 0 Å². The van der Waals surface area contributed by atoms with E-state index in [1.54, 1.807) is 41.5 Å². The van der Waals surface area contributed by atoms with Crippen molar-refractivity contribution in [2.24, 2.45) is 0 Å². The van der Waals surface area contributed by atoms with Gasteiger partial charge in [-0.3, -0.25) is 4.79 Å². The van der Waals surface area contributed by atoms with Crippen molar-refractivity contribution in [3.8, 4) is 0 Å². The number of amides is 2. The van der Waals surface area contributed by atoms with Gasteiger partial charge in [0.2, 0.25) is 5.91 Å². The third-order valence-electron chi connectivity index (χ3n) is 4.58. The third-order valence-corrected chi connectivity index (χ3v) is 4.58. The fourth-order valence-electron chi connectivity index (χ4n) is 3.20. The second-order valence-electron chi connectivity index (χ2n) is 10.2. The smallest absolute Gasteiger partial charge is 0.408 e. The SMILES string of the molecule is CC(C)(C)OC(=O)N[C@@H](Cc1ccccc1)C(=O)N[C@H](Cc1ccccc1)C(=O)OC(C)(C)C. The van der Waals surface area contributed by atoms with Crippen LogP contribution in [-0.2, 0) is 31.9 Å². The standard InChI is InChI=1S/C27H36N2O5/c1-26(2,3)33-24(31)22(18-20-15-11-8-12-16-20)28-23(30)21(17-19-13-9-7-10-14-19)29-25(32)34-27(4,5)6/h7-16,21-22H,17-18H2,1-6H3,(H,28,30)(H,29,32)/t21-,22+/m0/s1. The Bertz CT molecular complexity index is 946. The molecule has 0 aliphatic carbocycles. The molecule has 0 fully saturated rings. The molecule has 0 radical (unpaired) electrons. The summed E-state index contributed by atoms with van der Waals surface area (Å²) in [7, 11) is 0. The van der Waals surface area contributed by atoms with Crippen LogP contribution in [0.3, 0.4) is 0 Å². The van der Waals surface area contributed by atoms with Crippen LogP contribution in [0, 0.1) is 0 Å². The van der Waals surface area contributed by atoms with Crippen LogP contribution in [-0.4, -0.2) is 41.3 Å². The van der Waals surface area contributed by atoms with Gasteiger partial charge in [0, 0.05) is 12.8 Å². The van der Waals surface area contributed by atoms with Crippen LogP contribution < -0.4 is 10.6 Å². The monoisotopic (exact) mass is 468 g/mol. The maximum absolute atomic E-state index is 13.3. The molecule has 7 heteroatoms. The quantitative estimate of drug-likeness (QED) is 0.567. The molecule has 0 spiro atoms. The van der Waals surface area contributed by atoms with Crippen molar-refractivity contribution >= 4 is 18.0 Å². The van der Waals surface area contributed by atoms with E-state index in [0.29, 0.717) is 0 Å². The molecule has 0 aliphatic rings. The Labute approximate surface area is 202 Å². The van der Waals surface area contributed by atoms with Gasteiger partial charge in [-0.2, -0.15) is 0 Å². The summed E-state index contributed by atoms with van der Waals surface area (Å²) in [6, 6.07) is 16.8. The van der Waals surface area contributed by atoms with E-state index in [9.17, 15) is 14.4 Å². The van der Waals surface area contributed by atoms with E-state index >= 15 is 0 Å². The Morgan fingerprint density at radius 3 is 1.56 bits per heavy atom. The van der Waals surface area contributed by atoms with Crippen LogP contribution in [0.15, 0.2) is 60.7 Å². The fraction of sp³-hybridized carbons (Fsp3) is 0.444. The highest BCUT2D eigenvalue weighted by Gasteiger charge is 2.31. The van der Waals surface area contributed by atoms with E-state index in [1.807, 2.05) is 60.7 Å². The average Bonchev–Trinajstić information content (AvgIpc) is 2.71. The zero-order valence-electron chi connectivity index (χ0n) is 20.9. The number of alkyl carbamates (subject to hydrolysis) is 1. The first kappa shape index (κ1) is 26.9. The van der Waals surface area contributed by atoms with Gasteiger partial charge >= 0.3 is 12.1 Å². The van der Waals surface area contributed by atoms with E-state index in [2.05, 4.69) is 10.6 Å². The highest BCUT2D eigenvalue weighted by atomic mass is 16.6. The molecule has 0 aromatic heterocycles. The number of rotatable bonds is 8. The Kier molecular flexibility index (Phi) is 9.24. The summed E-state index contributed by atoms with van der Waals surface area (Å²) in [5.74, 6) is -1.04. The van der Waals surface area contributed by atoms with Gasteiger partial charge in [-0.25, -0.2) is 9.59 Å². The molecule has 2 rings (SSSR count). The third kappa shape index (κ3) is 10.1. The number of hydrogen-bond acceptors (Lipinski definition) is 5. The minimum absolute atomic E-state index is 0.234. The van der Waals surface area contributed by atoms with Gasteiger partial charge in [0.15, 0.2) is 0 Å². The number of nitrogens with one attached hydrogen (secondary N) is 2. The number of benzene rings is 2. The molecular weight excluding hydrogens is 432 g/mol. The minimum Gasteiger partial charge on any atom is -0.458 e. The Hall–Kier alpha value is -3.35. The molecule has 2 aromatic rings. The predicted octanol–water partition coefficient (Wildman–Crippen LogP) is 4.19. The first-order valence-corrected chi connectivity index (χ1v) is 11.4. The molecule has 34 heavy (non-hydrogen) atoms. The molecule has 0 saturated carbocycles. The first-order valence-electron chi connectivity index (χ1n) is 11.4. The summed E-state index contributed by atoms with van der Waals surface area (Å²) in [5.41, 5.74) is 0.299. The lowest BCUT2D eigenvalue weighted by molar-refractivity contribution is -0.158. The van der Waals surface area contributed by atoms with Gasteiger partial charge in [-0.05, 0) is 52.7 Å². The molecule has 0 saturated heterocycles. The highest BCUT2D eigenvalue weighted by molar-refractivity contribution is 5.90. The van der Waals surface area contributed by atoms with Crippen LogP contribution >= 0.6 is 0 Å². The van der Waals surface area contributed by atoms with Gasteiger partial charge in [0.05, 0.1) is 0 Å². The van der Waals surface area contributed by atoms with Crippen molar-refractivity contribution in [1.82, 2.24) is 10.6 Å². The minimum atomic E-state index is -0.946. The number of hydrogen-bond donors (Lipinski definition) is 2. The molecule has 0 unspecified atom stereocenters. The molecule has 184 valence electrons. The predicted molar refractivity (Wildman–Crippen MR) is 131 cm³/mol. The lowest BCUT2D eigenvalue weighted by Crippen LogP contribution is -2.54. The van der Waals surface area contributed by atoms with Crippen LogP contribution in [0.5, 0.6) is 0 Å². The zero-order chi connectivity index (χ0) is 25.4. The van der Waals surface area contributed by atoms with Crippen molar-refractivity contribution in [2.75, 3.05) is 0 Å². The number of carbonyl (C=O) groups excluding carboxylic acids is 3. The molecule has 7 nitrogen and oxygen atoms in total. The molecule has 2 N–H and O–H groups in total. The maximum Gasteiger partial charge on any atom is 0.408 e. The number of carbonyl (C=O) groups is 3. The van der Waals surface area contributed by atoms with Gasteiger partial charge < -0.3 is 20.1 Å². The lowest BCUT2D eigenvalue weighted by atomic mass is 10.0. The average molecular weight is 469 g/mol. The zero-order valence-corrected chi connectivity index (χ0v) is 20.9. The van der Waals surface area contributed by atoms with Gasteiger partial charge in [0.25, 0.3) is 0 Å². The molecular formula is C27H36N2O5. The van der Waals surface area contributed by atoms with E-state index in [0.717, 1.165) is 11.1 Å². The topological polar surface area (TPSA) is 93.7 Å². The van der Waals surface area contributed by atoms with Crippen molar-refractivity contribution in [1.29, 1.82) is 0 Å². The van der Waals surface area contributed by atoms with Gasteiger partial charge in [-0.15, -0.1) is 0 Å². The molecule has 0 heterocycles. The van der Waals surface area contributed by atoms with Crippen molar-refractivity contribution in [2.45, 2.75) is 77.7 Å². The molecule has 2 aromatic carbocycles. The fourth-order valence-corrected chi connectivity index (χ4v) is 3.20. The molecule has 2 atom stereocenters. The van der Waals surface area contributed by atoms with Crippen LogP contribution in [0.25, 0.3) is 0 Å². The summed E-state index contributed by atoms with van der Waals surface area (Å²) >= 11 is 0. The second-order valence-corrected chi connectivity index (χ2v) is 10.2. The van der Waals surface area contributed by atoms with Crippen LogP contribution in [0.2, 0.25) is 0 Å². The van der Waals surface area contributed by atoms with Gasteiger partial charge in [0.1, 0.15) is 23.3 Å². The van der Waals surface area contributed by atoms with Crippen LogP contribution in [0.4, 0.5) is 4.79 Å². The van der Waals surface area contributed by atoms with Crippen molar-refractivity contribution < 1.29 is 23.9 Å². The van der Waals surface area contributed by atoms with Crippen molar-refractivity contribution in [3.63, 3.8) is 0 Å². The summed E-state index contributed by atoms with van der Waals surface area (Å²) in [6.07, 6.45) is -0.218. The van der Waals surface area contributed by atoms with E-state index in [4.69, 9.17) is 9.47 Å². The van der Waals surface area contributed by atoms with Gasteiger partial charge in [-0.1, -0.05) is 60.7 Å². The highest BCUT2D eigenvalue weighted by Crippen LogP contribution is 2.13. The molecule has 0 bridgehead atoms. The molecule has 2 amide bonds.